The molecule has 0 bridgehead atoms. The molecule has 0 saturated heterocycles. The number of nitrogens with two attached hydrogens (primary N) is 1. The van der Waals surface area contributed by atoms with Crippen LogP contribution >= 0.6 is 15.9 Å². The van der Waals surface area contributed by atoms with E-state index in [1.165, 1.54) is 6.07 Å². The van der Waals surface area contributed by atoms with Crippen LogP contribution in [0.15, 0.2) is 40.9 Å². The third-order valence-corrected chi connectivity index (χ3v) is 3.71. The summed E-state index contributed by atoms with van der Waals surface area (Å²) in [4.78, 5) is 0. The van der Waals surface area contributed by atoms with Gasteiger partial charge in [-0.15, -0.1) is 0 Å². The molecule has 2 aromatic carbocycles. The van der Waals surface area contributed by atoms with Gasteiger partial charge in [0.1, 0.15) is 5.75 Å². The molecule has 21 heavy (non-hydrogen) atoms. The Labute approximate surface area is 129 Å². The molecule has 0 heterocycles. The predicted molar refractivity (Wildman–Crippen MR) is 80.4 cm³/mol. The fourth-order valence-electron chi connectivity index (χ4n) is 2.03. The molecule has 0 spiro atoms. The third-order valence-electron chi connectivity index (χ3n) is 3.22. The van der Waals surface area contributed by atoms with E-state index in [0.717, 1.165) is 15.2 Å². The molecular formula is C15H15BrF3NO. The first-order valence-electron chi connectivity index (χ1n) is 6.49. The van der Waals surface area contributed by atoms with E-state index in [2.05, 4.69) is 15.9 Å². The van der Waals surface area contributed by atoms with E-state index in [0.29, 0.717) is 0 Å². The van der Waals surface area contributed by atoms with Crippen molar-refractivity contribution < 1.29 is 17.9 Å². The Morgan fingerprint density at radius 3 is 2.38 bits per heavy atom. The average Bonchev–Trinajstić information content (AvgIpc) is 2.42. The quantitative estimate of drug-likeness (QED) is 0.860. The first-order valence-corrected chi connectivity index (χ1v) is 7.29. The Balaban J connectivity index is 2.30. The lowest BCUT2D eigenvalue weighted by Gasteiger charge is -2.26. The van der Waals surface area contributed by atoms with Crippen LogP contribution in [0.4, 0.5) is 13.2 Å². The number of rotatable bonds is 4. The van der Waals surface area contributed by atoms with E-state index in [1.54, 1.807) is 19.1 Å². The van der Waals surface area contributed by atoms with Crippen LogP contribution in [0.5, 0.6) is 5.75 Å². The summed E-state index contributed by atoms with van der Waals surface area (Å²) in [7, 11) is 0. The lowest BCUT2D eigenvalue weighted by atomic mass is 10.1. The standard InChI is InChI=1S/C15H15BrF3NO/c1-2-13(20)14(15(17,18)19)21-12-6-4-9-7-11(16)5-3-10(9)8-12/h3-8,13-14H,2,20H2,1H3. The van der Waals surface area contributed by atoms with E-state index >= 15 is 0 Å². The van der Waals surface area contributed by atoms with Crippen molar-refractivity contribution in [3.63, 3.8) is 0 Å². The summed E-state index contributed by atoms with van der Waals surface area (Å²) in [6.07, 6.45) is -6.31. The number of halogens is 4. The number of hydrogen-bond donors (Lipinski definition) is 1. The lowest BCUT2D eigenvalue weighted by molar-refractivity contribution is -0.200. The van der Waals surface area contributed by atoms with Gasteiger partial charge in [0.2, 0.25) is 6.10 Å². The van der Waals surface area contributed by atoms with Crippen LogP contribution in [0.2, 0.25) is 0 Å². The Morgan fingerprint density at radius 1 is 1.14 bits per heavy atom. The van der Waals surface area contributed by atoms with Crippen molar-refractivity contribution in [3.05, 3.63) is 40.9 Å². The second-order valence-corrected chi connectivity index (χ2v) is 5.72. The summed E-state index contributed by atoms with van der Waals surface area (Å²) in [6, 6.07) is 9.27. The SMILES string of the molecule is CCC(N)C(Oc1ccc2cc(Br)ccc2c1)C(F)(F)F. The van der Waals surface area contributed by atoms with Gasteiger partial charge in [-0.3, -0.25) is 0 Å². The molecule has 2 rings (SSSR count). The zero-order chi connectivity index (χ0) is 15.6. The van der Waals surface area contributed by atoms with Gasteiger partial charge in [-0.2, -0.15) is 13.2 Å². The fraction of sp³-hybridized carbons (Fsp3) is 0.333. The van der Waals surface area contributed by atoms with Crippen molar-refractivity contribution in [1.29, 1.82) is 0 Å². The van der Waals surface area contributed by atoms with Crippen molar-refractivity contribution in [2.45, 2.75) is 31.7 Å². The highest BCUT2D eigenvalue weighted by atomic mass is 79.9. The predicted octanol–water partition coefficient (Wildman–Crippen LogP) is 4.65. The minimum absolute atomic E-state index is 0.163. The first-order chi connectivity index (χ1) is 9.81. The Bertz CT molecular complexity index is 630. The lowest BCUT2D eigenvalue weighted by Crippen LogP contribution is -2.48. The van der Waals surface area contributed by atoms with Gasteiger partial charge >= 0.3 is 6.18 Å². The van der Waals surface area contributed by atoms with Crippen molar-refractivity contribution in [3.8, 4) is 5.75 Å². The van der Waals surface area contributed by atoms with Gasteiger partial charge in [0.25, 0.3) is 0 Å². The van der Waals surface area contributed by atoms with E-state index in [4.69, 9.17) is 10.5 Å². The molecule has 114 valence electrons. The fourth-order valence-corrected chi connectivity index (χ4v) is 2.40. The average molecular weight is 362 g/mol. The van der Waals surface area contributed by atoms with Crippen LogP contribution in [0.1, 0.15) is 13.3 Å². The van der Waals surface area contributed by atoms with Crippen molar-refractivity contribution >= 4 is 26.7 Å². The van der Waals surface area contributed by atoms with Gasteiger partial charge in [0.05, 0.1) is 6.04 Å². The van der Waals surface area contributed by atoms with E-state index in [9.17, 15) is 13.2 Å². The molecule has 0 fully saturated rings. The highest BCUT2D eigenvalue weighted by Gasteiger charge is 2.45. The van der Waals surface area contributed by atoms with Crippen LogP contribution in [-0.2, 0) is 0 Å². The smallest absolute Gasteiger partial charge is 0.426 e. The van der Waals surface area contributed by atoms with Gasteiger partial charge in [0.15, 0.2) is 0 Å². The Kier molecular flexibility index (Phi) is 4.78. The van der Waals surface area contributed by atoms with Crippen molar-refractivity contribution in [2.75, 3.05) is 0 Å². The van der Waals surface area contributed by atoms with Gasteiger partial charge in [-0.25, -0.2) is 0 Å². The van der Waals surface area contributed by atoms with E-state index < -0.39 is 18.3 Å². The highest BCUT2D eigenvalue weighted by molar-refractivity contribution is 9.10. The zero-order valence-corrected chi connectivity index (χ0v) is 12.9. The van der Waals surface area contributed by atoms with Gasteiger partial charge in [-0.1, -0.05) is 35.0 Å². The van der Waals surface area contributed by atoms with E-state index in [1.807, 2.05) is 18.2 Å². The minimum Gasteiger partial charge on any atom is -0.479 e. The molecule has 0 saturated carbocycles. The number of fused-ring (bicyclic) bond motifs is 1. The van der Waals surface area contributed by atoms with Gasteiger partial charge in [0, 0.05) is 4.47 Å². The van der Waals surface area contributed by atoms with Crippen molar-refractivity contribution in [1.82, 2.24) is 0 Å². The molecule has 0 aliphatic rings. The molecule has 0 aromatic heterocycles. The topological polar surface area (TPSA) is 35.2 Å². The third kappa shape index (κ3) is 3.89. The minimum atomic E-state index is -4.50. The van der Waals surface area contributed by atoms with Crippen molar-refractivity contribution in [2.24, 2.45) is 5.73 Å². The molecule has 0 aliphatic carbocycles. The summed E-state index contributed by atoms with van der Waals surface area (Å²) in [6.45, 7) is 1.60. The molecule has 2 atom stereocenters. The number of benzene rings is 2. The molecule has 0 amide bonds. The van der Waals surface area contributed by atoms with Gasteiger partial charge < -0.3 is 10.5 Å². The molecule has 0 radical (unpaired) electrons. The number of hydrogen-bond acceptors (Lipinski definition) is 2. The molecule has 2 N–H and O–H groups in total. The maximum Gasteiger partial charge on any atom is 0.426 e. The second kappa shape index (κ2) is 6.23. The normalized spacial score (nSPS) is 15.0. The molecular weight excluding hydrogens is 347 g/mol. The van der Waals surface area contributed by atoms with Crippen LogP contribution < -0.4 is 10.5 Å². The summed E-state index contributed by atoms with van der Waals surface area (Å²) in [5.41, 5.74) is 5.53. The molecule has 6 heteroatoms. The Hall–Kier alpha value is -1.27. The monoisotopic (exact) mass is 361 g/mol. The first kappa shape index (κ1) is 16.1. The van der Waals surface area contributed by atoms with Crippen LogP contribution in [0.25, 0.3) is 10.8 Å². The largest absolute Gasteiger partial charge is 0.479 e. The van der Waals surface area contributed by atoms with Crippen LogP contribution in [0.3, 0.4) is 0 Å². The van der Waals surface area contributed by atoms with E-state index in [-0.39, 0.29) is 12.2 Å². The maximum atomic E-state index is 13.0. The molecule has 0 aliphatic heterocycles. The number of alkyl halides is 3. The number of ether oxygens (including phenoxy) is 1. The maximum absolute atomic E-state index is 13.0. The van der Waals surface area contributed by atoms with Crippen LogP contribution in [-0.4, -0.2) is 18.3 Å². The second-order valence-electron chi connectivity index (χ2n) is 4.81. The van der Waals surface area contributed by atoms with Crippen LogP contribution in [0, 0.1) is 0 Å². The molecule has 2 unspecified atom stereocenters. The summed E-state index contributed by atoms with van der Waals surface area (Å²) in [5.74, 6) is 0.163. The highest BCUT2D eigenvalue weighted by Crippen LogP contribution is 2.30. The summed E-state index contributed by atoms with van der Waals surface area (Å²) >= 11 is 3.35. The molecule has 2 nitrogen and oxygen atoms in total. The summed E-state index contributed by atoms with van der Waals surface area (Å²) < 4.78 is 45.0. The molecule has 2 aromatic rings. The summed E-state index contributed by atoms with van der Waals surface area (Å²) in [5, 5.41) is 1.72. The zero-order valence-electron chi connectivity index (χ0n) is 11.3. The Morgan fingerprint density at radius 2 is 1.76 bits per heavy atom. The van der Waals surface area contributed by atoms with Gasteiger partial charge in [-0.05, 0) is 41.5 Å².